The lowest BCUT2D eigenvalue weighted by atomic mass is 10.1. The molecular weight excluding hydrogens is 410 g/mol. The van der Waals surface area contributed by atoms with Crippen LogP contribution in [0, 0.1) is 0 Å². The molecule has 1 aromatic carbocycles. The van der Waals surface area contributed by atoms with Crippen LogP contribution < -0.4 is 22.1 Å². The molecule has 0 fully saturated rings. The number of pyridine rings is 1. The lowest BCUT2D eigenvalue weighted by Gasteiger charge is -2.15. The molecule has 0 spiro atoms. The third kappa shape index (κ3) is 4.47. The Morgan fingerprint density at radius 1 is 1.30 bits per heavy atom. The van der Waals surface area contributed by atoms with E-state index >= 15 is 0 Å². The van der Waals surface area contributed by atoms with Gasteiger partial charge in [0.1, 0.15) is 18.1 Å². The van der Waals surface area contributed by atoms with Crippen molar-refractivity contribution in [2.24, 2.45) is 0 Å². The Morgan fingerprint density at radius 2 is 2.07 bits per heavy atom. The van der Waals surface area contributed by atoms with E-state index in [1.54, 1.807) is 44.3 Å². The van der Waals surface area contributed by atoms with Crippen molar-refractivity contribution in [2.75, 3.05) is 18.9 Å². The number of esters is 1. The molecule has 0 bridgehead atoms. The van der Waals surface area contributed by atoms with E-state index in [0.717, 1.165) is 5.56 Å². The van der Waals surface area contributed by atoms with Gasteiger partial charge in [-0.05, 0) is 43.7 Å². The summed E-state index contributed by atoms with van der Waals surface area (Å²) in [6.07, 6.45) is 1.55. The molecule has 0 aliphatic rings. The number of carbonyl (C=O) groups excluding carboxylic acids is 2. The Labute approximate surface area is 177 Å². The predicted molar refractivity (Wildman–Crippen MR) is 115 cm³/mol. The minimum Gasteiger partial charge on any atom is -0.465 e. The molecule has 10 heteroatoms. The van der Waals surface area contributed by atoms with Crippen LogP contribution in [-0.4, -0.2) is 34.6 Å². The molecule has 0 aliphatic heterocycles. The van der Waals surface area contributed by atoms with Gasteiger partial charge in [-0.2, -0.15) is 0 Å². The number of H-pyrrole nitrogens is 1. The number of hydrazine groups is 1. The Kier molecular flexibility index (Phi) is 6.43. The van der Waals surface area contributed by atoms with Crippen LogP contribution in [0.15, 0.2) is 41.3 Å². The monoisotopic (exact) mass is 431 g/mol. The maximum Gasteiger partial charge on any atom is 0.321 e. The summed E-state index contributed by atoms with van der Waals surface area (Å²) in [7, 11) is 0. The number of benzene rings is 1. The number of rotatable bonds is 7. The highest BCUT2D eigenvalue weighted by atomic mass is 35.5. The summed E-state index contributed by atoms with van der Waals surface area (Å²) < 4.78 is 6.07. The number of anilines is 1. The van der Waals surface area contributed by atoms with Crippen LogP contribution in [0.3, 0.4) is 0 Å². The second-order valence-electron chi connectivity index (χ2n) is 6.60. The van der Waals surface area contributed by atoms with Gasteiger partial charge in [0.2, 0.25) is 0 Å². The van der Waals surface area contributed by atoms with Crippen molar-refractivity contribution in [3.8, 4) is 11.3 Å². The number of hydrogen-bond donors (Lipinski definition) is 4. The molecule has 30 heavy (non-hydrogen) atoms. The van der Waals surface area contributed by atoms with Gasteiger partial charge in [0, 0.05) is 17.3 Å². The first-order valence-electron chi connectivity index (χ1n) is 9.29. The van der Waals surface area contributed by atoms with Crippen molar-refractivity contribution in [3.05, 3.63) is 51.9 Å². The fourth-order valence-electron chi connectivity index (χ4n) is 2.94. The molecule has 3 aromatic rings. The van der Waals surface area contributed by atoms with Gasteiger partial charge in [-0.15, -0.1) is 0 Å². The number of ether oxygens (including phenoxy) is 1. The van der Waals surface area contributed by atoms with Crippen LogP contribution in [0.4, 0.5) is 5.69 Å². The standard InChI is InChI=1S/C20H22ClN5O4/c1-3-30-17(27)10-23-25-19(28)11(2)26-7-6-13-9-16(24-18(13)20(26)29)12-4-5-15(22)14(21)8-12/h4-9,11,23-24H,3,10,22H2,1-2H3,(H,25,28). The molecule has 3 rings (SSSR count). The molecule has 0 saturated heterocycles. The number of aromatic nitrogens is 2. The van der Waals surface area contributed by atoms with E-state index in [1.807, 2.05) is 6.07 Å². The first-order chi connectivity index (χ1) is 14.3. The molecular formula is C20H22ClN5O4. The molecule has 2 heterocycles. The molecule has 158 valence electrons. The number of nitrogens with one attached hydrogen (secondary N) is 3. The fraction of sp³-hybridized carbons (Fsp3) is 0.250. The molecule has 0 saturated carbocycles. The van der Waals surface area contributed by atoms with Gasteiger partial charge in [0.25, 0.3) is 11.5 Å². The van der Waals surface area contributed by atoms with Crippen molar-refractivity contribution in [1.29, 1.82) is 0 Å². The molecule has 9 nitrogen and oxygen atoms in total. The highest BCUT2D eigenvalue weighted by molar-refractivity contribution is 6.33. The lowest BCUT2D eigenvalue weighted by molar-refractivity contribution is -0.142. The number of nitrogens with two attached hydrogens (primary N) is 1. The van der Waals surface area contributed by atoms with Gasteiger partial charge < -0.3 is 20.0 Å². The van der Waals surface area contributed by atoms with Gasteiger partial charge in [-0.3, -0.25) is 19.8 Å². The summed E-state index contributed by atoms with van der Waals surface area (Å²) >= 11 is 6.09. The second kappa shape index (κ2) is 9.02. The van der Waals surface area contributed by atoms with E-state index in [-0.39, 0.29) is 18.7 Å². The molecule has 1 atom stereocenters. The van der Waals surface area contributed by atoms with Gasteiger partial charge in [-0.25, -0.2) is 5.43 Å². The number of nitrogens with zero attached hydrogens (tertiary/aromatic N) is 1. The molecule has 2 aromatic heterocycles. The number of nitrogen functional groups attached to an aromatic ring is 1. The summed E-state index contributed by atoms with van der Waals surface area (Å²) in [6, 6.07) is 7.97. The second-order valence-corrected chi connectivity index (χ2v) is 7.01. The van der Waals surface area contributed by atoms with E-state index < -0.39 is 17.9 Å². The number of carbonyl (C=O) groups is 2. The minimum atomic E-state index is -0.811. The fourth-order valence-corrected chi connectivity index (χ4v) is 3.12. The highest BCUT2D eigenvalue weighted by Gasteiger charge is 2.18. The average Bonchev–Trinajstić information content (AvgIpc) is 3.15. The third-order valence-corrected chi connectivity index (χ3v) is 4.90. The van der Waals surface area contributed by atoms with Crippen LogP contribution >= 0.6 is 11.6 Å². The SMILES string of the molecule is CCOC(=O)CNNC(=O)C(C)n1ccc2cc(-c3ccc(N)c(Cl)c3)[nH]c2c1=O. The number of amides is 1. The Balaban J connectivity index is 1.81. The van der Waals surface area contributed by atoms with E-state index in [4.69, 9.17) is 22.1 Å². The third-order valence-electron chi connectivity index (χ3n) is 4.57. The summed E-state index contributed by atoms with van der Waals surface area (Å²) in [5.74, 6) is -0.969. The number of aromatic amines is 1. The smallest absolute Gasteiger partial charge is 0.321 e. The average molecular weight is 432 g/mol. The molecule has 1 amide bonds. The number of fused-ring (bicyclic) bond motifs is 1. The van der Waals surface area contributed by atoms with Crippen molar-refractivity contribution in [3.63, 3.8) is 0 Å². The normalized spacial score (nSPS) is 12.0. The highest BCUT2D eigenvalue weighted by Crippen LogP contribution is 2.28. The topological polar surface area (TPSA) is 131 Å². The molecule has 5 N–H and O–H groups in total. The quantitative estimate of drug-likeness (QED) is 0.257. The molecule has 0 radical (unpaired) electrons. The van der Waals surface area contributed by atoms with E-state index in [9.17, 15) is 14.4 Å². The Hall–Kier alpha value is -3.30. The van der Waals surface area contributed by atoms with E-state index in [2.05, 4.69) is 15.8 Å². The number of halogens is 1. The van der Waals surface area contributed by atoms with Crippen molar-refractivity contribution >= 4 is 40.1 Å². The first kappa shape index (κ1) is 21.4. The molecule has 1 unspecified atom stereocenters. The van der Waals surface area contributed by atoms with Crippen LogP contribution in [0.25, 0.3) is 22.2 Å². The summed E-state index contributed by atoms with van der Waals surface area (Å²) in [5.41, 5.74) is 12.6. The van der Waals surface area contributed by atoms with Gasteiger partial charge in [-0.1, -0.05) is 17.7 Å². The zero-order valence-corrected chi connectivity index (χ0v) is 17.2. The van der Waals surface area contributed by atoms with Gasteiger partial charge >= 0.3 is 5.97 Å². The van der Waals surface area contributed by atoms with Crippen LogP contribution in [0.1, 0.15) is 19.9 Å². The van der Waals surface area contributed by atoms with Crippen LogP contribution in [0.5, 0.6) is 0 Å². The minimum absolute atomic E-state index is 0.176. The largest absolute Gasteiger partial charge is 0.465 e. The van der Waals surface area contributed by atoms with Crippen LogP contribution in [0.2, 0.25) is 5.02 Å². The van der Waals surface area contributed by atoms with Crippen molar-refractivity contribution < 1.29 is 14.3 Å². The van der Waals surface area contributed by atoms with Crippen molar-refractivity contribution in [1.82, 2.24) is 20.4 Å². The maximum absolute atomic E-state index is 12.9. The maximum atomic E-state index is 12.9. The van der Waals surface area contributed by atoms with Crippen LogP contribution in [-0.2, 0) is 14.3 Å². The zero-order chi connectivity index (χ0) is 21.8. The first-order valence-corrected chi connectivity index (χ1v) is 9.67. The summed E-state index contributed by atoms with van der Waals surface area (Å²) in [5, 5.41) is 1.12. The Bertz CT molecular complexity index is 1150. The summed E-state index contributed by atoms with van der Waals surface area (Å²) in [6.45, 7) is 3.35. The number of hydrogen-bond acceptors (Lipinski definition) is 6. The Morgan fingerprint density at radius 3 is 2.77 bits per heavy atom. The predicted octanol–water partition coefficient (Wildman–Crippen LogP) is 1.98. The lowest BCUT2D eigenvalue weighted by Crippen LogP contribution is -2.45. The van der Waals surface area contributed by atoms with Gasteiger partial charge in [0.15, 0.2) is 0 Å². The zero-order valence-electron chi connectivity index (χ0n) is 16.5. The molecule has 0 aliphatic carbocycles. The van der Waals surface area contributed by atoms with Gasteiger partial charge in [0.05, 0.1) is 17.3 Å². The van der Waals surface area contributed by atoms with E-state index in [1.165, 1.54) is 4.57 Å². The summed E-state index contributed by atoms with van der Waals surface area (Å²) in [4.78, 5) is 39.7. The van der Waals surface area contributed by atoms with Crippen molar-refractivity contribution in [2.45, 2.75) is 19.9 Å². The van der Waals surface area contributed by atoms with E-state index in [0.29, 0.717) is 27.3 Å².